The average Bonchev–Trinajstić information content (AvgIpc) is 3.08. The zero-order valence-electron chi connectivity index (χ0n) is 11.9. The first kappa shape index (κ1) is 13.3. The molecular formula is C16H13FN4S. The van der Waals surface area contributed by atoms with E-state index >= 15 is 0 Å². The van der Waals surface area contributed by atoms with Crippen molar-refractivity contribution in [2.75, 3.05) is 0 Å². The summed E-state index contributed by atoms with van der Waals surface area (Å²) in [5.74, 6) is 1.33. The number of rotatable bonds is 3. The molecule has 0 N–H and O–H groups in total. The molecule has 0 unspecified atom stereocenters. The molecule has 0 spiro atoms. The fraction of sp³-hybridized carbons (Fsp3) is 0.125. The molecule has 0 aliphatic carbocycles. The molecular weight excluding hydrogens is 299 g/mol. The molecule has 0 fully saturated rings. The summed E-state index contributed by atoms with van der Waals surface area (Å²) in [5.41, 5.74) is 3.27. The number of halogens is 1. The van der Waals surface area contributed by atoms with Crippen molar-refractivity contribution in [2.24, 2.45) is 7.05 Å². The van der Waals surface area contributed by atoms with E-state index in [1.165, 1.54) is 12.1 Å². The molecule has 4 nitrogen and oxygen atoms in total. The van der Waals surface area contributed by atoms with Crippen molar-refractivity contribution in [2.45, 2.75) is 10.9 Å². The van der Waals surface area contributed by atoms with Crippen LogP contribution < -0.4 is 0 Å². The molecule has 0 saturated carbocycles. The van der Waals surface area contributed by atoms with Gasteiger partial charge in [-0.25, -0.2) is 4.39 Å². The highest BCUT2D eigenvalue weighted by atomic mass is 32.2. The second-order valence-electron chi connectivity index (χ2n) is 5.08. The number of aromatic nitrogens is 4. The number of benzene rings is 2. The van der Waals surface area contributed by atoms with Gasteiger partial charge in [0, 0.05) is 12.8 Å². The Morgan fingerprint density at radius 3 is 2.50 bits per heavy atom. The maximum atomic E-state index is 12.9. The summed E-state index contributed by atoms with van der Waals surface area (Å²) in [6, 6.07) is 14.7. The van der Waals surface area contributed by atoms with Crippen molar-refractivity contribution in [3.8, 4) is 0 Å². The second-order valence-corrected chi connectivity index (χ2v) is 6.02. The molecule has 0 atom stereocenters. The highest BCUT2D eigenvalue weighted by Crippen LogP contribution is 2.26. The SMILES string of the molecule is Cn1c2ccccc2n2c(SCc3ccc(F)cc3)nnc12. The van der Waals surface area contributed by atoms with Crippen LogP contribution in [0.25, 0.3) is 16.8 Å². The van der Waals surface area contributed by atoms with Crippen molar-refractivity contribution < 1.29 is 4.39 Å². The molecule has 22 heavy (non-hydrogen) atoms. The molecule has 2 aromatic heterocycles. The van der Waals surface area contributed by atoms with E-state index in [1.807, 2.05) is 23.7 Å². The highest BCUT2D eigenvalue weighted by molar-refractivity contribution is 7.98. The third kappa shape index (κ3) is 2.07. The molecule has 0 amide bonds. The summed E-state index contributed by atoms with van der Waals surface area (Å²) >= 11 is 1.60. The smallest absolute Gasteiger partial charge is 0.236 e. The Hall–Kier alpha value is -2.34. The minimum Gasteiger partial charge on any atom is -0.311 e. The molecule has 2 aromatic carbocycles. The van der Waals surface area contributed by atoms with Gasteiger partial charge in [-0.3, -0.25) is 4.40 Å². The number of para-hydroxylation sites is 2. The number of thioether (sulfide) groups is 1. The van der Waals surface area contributed by atoms with Gasteiger partial charge in [0.1, 0.15) is 5.82 Å². The van der Waals surface area contributed by atoms with Crippen LogP contribution in [0.3, 0.4) is 0 Å². The number of hydrogen-bond donors (Lipinski definition) is 0. The lowest BCUT2D eigenvalue weighted by molar-refractivity contribution is 0.627. The van der Waals surface area contributed by atoms with Crippen LogP contribution in [0.15, 0.2) is 53.7 Å². The van der Waals surface area contributed by atoms with Crippen LogP contribution in [0.5, 0.6) is 0 Å². The van der Waals surface area contributed by atoms with E-state index in [9.17, 15) is 4.39 Å². The van der Waals surface area contributed by atoms with Gasteiger partial charge < -0.3 is 4.57 Å². The quantitative estimate of drug-likeness (QED) is 0.542. The summed E-state index contributed by atoms with van der Waals surface area (Å²) in [7, 11) is 1.99. The van der Waals surface area contributed by atoms with Crippen LogP contribution in [-0.4, -0.2) is 19.2 Å². The van der Waals surface area contributed by atoms with Crippen LogP contribution >= 0.6 is 11.8 Å². The number of imidazole rings is 1. The van der Waals surface area contributed by atoms with Gasteiger partial charge in [-0.15, -0.1) is 10.2 Å². The number of aryl methyl sites for hydroxylation is 1. The van der Waals surface area contributed by atoms with Crippen LogP contribution in [0.4, 0.5) is 4.39 Å². The molecule has 0 bridgehead atoms. The van der Waals surface area contributed by atoms with E-state index in [2.05, 4.69) is 26.7 Å². The minimum atomic E-state index is -0.215. The summed E-state index contributed by atoms with van der Waals surface area (Å²) in [4.78, 5) is 0. The van der Waals surface area contributed by atoms with Gasteiger partial charge in [-0.1, -0.05) is 36.0 Å². The van der Waals surface area contributed by atoms with Crippen LogP contribution in [0.2, 0.25) is 0 Å². The first-order chi connectivity index (χ1) is 10.7. The second kappa shape index (κ2) is 5.14. The molecule has 0 aliphatic rings. The first-order valence-electron chi connectivity index (χ1n) is 6.90. The van der Waals surface area contributed by atoms with Crippen LogP contribution in [0.1, 0.15) is 5.56 Å². The highest BCUT2D eigenvalue weighted by Gasteiger charge is 2.14. The summed E-state index contributed by atoms with van der Waals surface area (Å²) in [5, 5.41) is 9.40. The molecule has 0 radical (unpaired) electrons. The summed E-state index contributed by atoms with van der Waals surface area (Å²) in [6.07, 6.45) is 0. The topological polar surface area (TPSA) is 35.1 Å². The van der Waals surface area contributed by atoms with E-state index in [-0.39, 0.29) is 5.82 Å². The zero-order chi connectivity index (χ0) is 15.1. The fourth-order valence-electron chi connectivity index (χ4n) is 2.56. The minimum absolute atomic E-state index is 0.215. The predicted octanol–water partition coefficient (Wildman–Crippen LogP) is 3.65. The van der Waals surface area contributed by atoms with Crippen molar-refractivity contribution in [1.29, 1.82) is 0 Å². The number of hydrogen-bond acceptors (Lipinski definition) is 3. The van der Waals surface area contributed by atoms with Crippen molar-refractivity contribution in [3.63, 3.8) is 0 Å². The van der Waals surface area contributed by atoms with Crippen LogP contribution in [0, 0.1) is 5.82 Å². The summed E-state index contributed by atoms with van der Waals surface area (Å²) in [6.45, 7) is 0. The standard InChI is InChI=1S/C16H13FN4S/c1-20-13-4-2-3-5-14(13)21-15(20)18-19-16(21)22-10-11-6-8-12(17)9-7-11/h2-9H,10H2,1H3. The number of fused-ring (bicyclic) bond motifs is 3. The maximum absolute atomic E-state index is 12.9. The number of nitrogens with zero attached hydrogens (tertiary/aromatic N) is 4. The van der Waals surface area contributed by atoms with Gasteiger partial charge >= 0.3 is 0 Å². The molecule has 6 heteroatoms. The maximum Gasteiger partial charge on any atom is 0.236 e. The Bertz CT molecular complexity index is 956. The Kier molecular flexibility index (Phi) is 3.11. The van der Waals surface area contributed by atoms with E-state index in [4.69, 9.17) is 0 Å². The van der Waals surface area contributed by atoms with Gasteiger partial charge in [-0.05, 0) is 29.8 Å². The lowest BCUT2D eigenvalue weighted by Gasteiger charge is -2.00. The Morgan fingerprint density at radius 2 is 1.73 bits per heavy atom. The van der Waals surface area contributed by atoms with E-state index < -0.39 is 0 Å². The van der Waals surface area contributed by atoms with E-state index in [0.717, 1.165) is 33.3 Å². The van der Waals surface area contributed by atoms with E-state index in [1.54, 1.807) is 23.9 Å². The van der Waals surface area contributed by atoms with Crippen LogP contribution in [-0.2, 0) is 12.8 Å². The zero-order valence-corrected chi connectivity index (χ0v) is 12.7. The Labute approximate surface area is 130 Å². The van der Waals surface area contributed by atoms with Crippen molar-refractivity contribution in [3.05, 3.63) is 59.9 Å². The lowest BCUT2D eigenvalue weighted by Crippen LogP contribution is -1.88. The molecule has 0 aliphatic heterocycles. The van der Waals surface area contributed by atoms with Gasteiger partial charge in [-0.2, -0.15) is 0 Å². The van der Waals surface area contributed by atoms with Gasteiger partial charge in [0.15, 0.2) is 5.16 Å². The monoisotopic (exact) mass is 312 g/mol. The third-order valence-corrected chi connectivity index (χ3v) is 4.68. The largest absolute Gasteiger partial charge is 0.311 e. The molecule has 0 saturated heterocycles. The van der Waals surface area contributed by atoms with Gasteiger partial charge in [0.25, 0.3) is 0 Å². The lowest BCUT2D eigenvalue weighted by atomic mass is 10.2. The van der Waals surface area contributed by atoms with Gasteiger partial charge in [0.2, 0.25) is 5.78 Å². The molecule has 2 heterocycles. The molecule has 4 aromatic rings. The Balaban J connectivity index is 1.73. The Morgan fingerprint density at radius 1 is 1.00 bits per heavy atom. The molecule has 110 valence electrons. The van der Waals surface area contributed by atoms with E-state index in [0.29, 0.717) is 0 Å². The average molecular weight is 312 g/mol. The van der Waals surface area contributed by atoms with Gasteiger partial charge in [0.05, 0.1) is 11.0 Å². The fourth-order valence-corrected chi connectivity index (χ4v) is 3.45. The third-order valence-electron chi connectivity index (χ3n) is 3.68. The summed E-state index contributed by atoms with van der Waals surface area (Å²) < 4.78 is 17.0. The molecule has 4 rings (SSSR count). The van der Waals surface area contributed by atoms with Crippen molar-refractivity contribution in [1.82, 2.24) is 19.2 Å². The van der Waals surface area contributed by atoms with Crippen molar-refractivity contribution >= 4 is 28.6 Å². The normalized spacial score (nSPS) is 11.5. The predicted molar refractivity (Wildman–Crippen MR) is 85.4 cm³/mol. The first-order valence-corrected chi connectivity index (χ1v) is 7.88.